The van der Waals surface area contributed by atoms with Gasteiger partial charge in [0.15, 0.2) is 22.9 Å². The highest BCUT2D eigenvalue weighted by Crippen LogP contribution is 2.32. The smallest absolute Gasteiger partial charge is 0.231 e. The van der Waals surface area contributed by atoms with Gasteiger partial charge in [-0.1, -0.05) is 48.9 Å². The van der Waals surface area contributed by atoms with E-state index in [2.05, 4.69) is 4.98 Å². The number of para-hydroxylation sites is 2. The Morgan fingerprint density at radius 2 is 1.70 bits per heavy atom. The van der Waals surface area contributed by atoms with Gasteiger partial charge in [0.2, 0.25) is 5.89 Å². The van der Waals surface area contributed by atoms with Crippen molar-refractivity contribution in [1.82, 2.24) is 4.98 Å². The van der Waals surface area contributed by atoms with Gasteiger partial charge in [-0.05, 0) is 84.3 Å². The van der Waals surface area contributed by atoms with E-state index in [4.69, 9.17) is 30.2 Å². The van der Waals surface area contributed by atoms with Crippen molar-refractivity contribution in [3.05, 3.63) is 119 Å². The molecule has 0 spiro atoms. The van der Waals surface area contributed by atoms with Crippen molar-refractivity contribution in [3.8, 4) is 17.2 Å². The molecule has 0 saturated heterocycles. The molecule has 0 fully saturated rings. The lowest BCUT2D eigenvalue weighted by Crippen LogP contribution is -2.04. The lowest BCUT2D eigenvalue weighted by molar-refractivity contribution is 0.105. The molecule has 0 amide bonds. The van der Waals surface area contributed by atoms with Crippen LogP contribution in [0.2, 0.25) is 5.02 Å². The number of nitrogens with zero attached hydrogens (tertiary/aromatic N) is 1. The predicted molar refractivity (Wildman–Crippen MR) is 157 cm³/mol. The second-order valence-electron chi connectivity index (χ2n) is 9.07. The van der Waals surface area contributed by atoms with Gasteiger partial charge in [0.25, 0.3) is 0 Å². The summed E-state index contributed by atoms with van der Waals surface area (Å²) in [6.07, 6.45) is 2.65. The fourth-order valence-corrected chi connectivity index (χ4v) is 4.22. The van der Waals surface area contributed by atoms with E-state index < -0.39 is 0 Å². The maximum atomic E-state index is 13.8. The first-order valence-electron chi connectivity index (χ1n) is 12.9. The fraction of sp³-hybridized carbons (Fsp3) is 0.152. The molecule has 0 unspecified atom stereocenters. The second kappa shape index (κ2) is 12.5. The Kier molecular flexibility index (Phi) is 8.47. The zero-order chi connectivity index (χ0) is 27.9. The number of carbonyl (C=O) groups is 1. The number of fused-ring (bicyclic) bond motifs is 1. The Bertz CT molecular complexity index is 1610. The molecule has 0 radical (unpaired) electrons. The number of carbonyl (C=O) groups excluding carboxylic acids is 1. The van der Waals surface area contributed by atoms with Gasteiger partial charge in [-0.25, -0.2) is 4.98 Å². The highest BCUT2D eigenvalue weighted by atomic mass is 35.5. The van der Waals surface area contributed by atoms with Crippen LogP contribution in [0.25, 0.3) is 22.7 Å². The summed E-state index contributed by atoms with van der Waals surface area (Å²) in [7, 11) is 1.58. The SMILES string of the molecule is CCCOc1ccc(C(=O)/C(=C/c2ccc(OCc3ccc(Cl)cc3)c(OC)c2)c2nc3ccccc3o2)cc1. The molecule has 1 heterocycles. The van der Waals surface area contributed by atoms with Crippen LogP contribution >= 0.6 is 11.6 Å². The minimum absolute atomic E-state index is 0.226. The summed E-state index contributed by atoms with van der Waals surface area (Å²) in [6, 6.07) is 27.4. The first kappa shape index (κ1) is 27.0. The minimum atomic E-state index is -0.226. The van der Waals surface area contributed by atoms with Gasteiger partial charge in [0, 0.05) is 10.6 Å². The molecular weight excluding hydrogens is 526 g/mol. The summed E-state index contributed by atoms with van der Waals surface area (Å²) >= 11 is 5.98. The molecule has 1 aromatic heterocycles. The first-order valence-corrected chi connectivity index (χ1v) is 13.3. The molecule has 0 aliphatic rings. The van der Waals surface area contributed by atoms with Crippen LogP contribution in [0, 0.1) is 0 Å². The molecule has 0 aliphatic heterocycles. The second-order valence-corrected chi connectivity index (χ2v) is 9.51. The molecule has 4 aromatic carbocycles. The molecule has 40 heavy (non-hydrogen) atoms. The number of hydrogen-bond donors (Lipinski definition) is 0. The molecule has 5 aromatic rings. The van der Waals surface area contributed by atoms with Crippen molar-refractivity contribution in [2.45, 2.75) is 20.0 Å². The number of ether oxygens (including phenoxy) is 3. The van der Waals surface area contributed by atoms with Gasteiger partial charge in [-0.3, -0.25) is 4.79 Å². The quantitative estimate of drug-likeness (QED) is 0.121. The number of aromatic nitrogens is 1. The van der Waals surface area contributed by atoms with Gasteiger partial charge in [-0.2, -0.15) is 0 Å². The number of allylic oxidation sites excluding steroid dienone is 1. The number of halogens is 1. The number of benzene rings is 4. The third-order valence-electron chi connectivity index (χ3n) is 6.16. The van der Waals surface area contributed by atoms with E-state index in [1.807, 2.05) is 73.7 Å². The van der Waals surface area contributed by atoms with E-state index in [0.717, 1.165) is 17.5 Å². The van der Waals surface area contributed by atoms with Crippen molar-refractivity contribution >= 4 is 40.1 Å². The standard InChI is InChI=1S/C33H28ClNO5/c1-3-18-38-26-15-11-24(12-16-26)32(36)27(33-35-28-6-4-5-7-29(28)40-33)19-23-10-17-30(31(20-23)37-2)39-21-22-8-13-25(34)14-9-22/h4-17,19-20H,3,18,21H2,1-2H3/b27-19-. The van der Waals surface area contributed by atoms with Crippen LogP contribution in [-0.4, -0.2) is 24.5 Å². The maximum Gasteiger partial charge on any atom is 0.231 e. The van der Waals surface area contributed by atoms with Crippen molar-refractivity contribution in [1.29, 1.82) is 0 Å². The summed E-state index contributed by atoms with van der Waals surface area (Å²) in [6.45, 7) is 3.01. The van der Waals surface area contributed by atoms with E-state index in [1.165, 1.54) is 0 Å². The monoisotopic (exact) mass is 553 g/mol. The zero-order valence-corrected chi connectivity index (χ0v) is 23.0. The largest absolute Gasteiger partial charge is 0.494 e. The topological polar surface area (TPSA) is 70.8 Å². The average molecular weight is 554 g/mol. The Morgan fingerprint density at radius 1 is 0.925 bits per heavy atom. The zero-order valence-electron chi connectivity index (χ0n) is 22.2. The number of hydrogen-bond acceptors (Lipinski definition) is 6. The van der Waals surface area contributed by atoms with E-state index in [0.29, 0.717) is 57.7 Å². The van der Waals surface area contributed by atoms with Gasteiger partial charge < -0.3 is 18.6 Å². The average Bonchev–Trinajstić information content (AvgIpc) is 3.43. The molecule has 0 aliphatic carbocycles. The van der Waals surface area contributed by atoms with Crippen molar-refractivity contribution < 1.29 is 23.4 Å². The maximum absolute atomic E-state index is 13.8. The van der Waals surface area contributed by atoms with Crippen LogP contribution in [0.15, 0.2) is 95.4 Å². The number of oxazole rings is 1. The number of ketones is 1. The fourth-order valence-electron chi connectivity index (χ4n) is 4.09. The minimum Gasteiger partial charge on any atom is -0.494 e. The Hall–Kier alpha value is -4.55. The molecular formula is C33H28ClNO5. The molecule has 202 valence electrons. The highest BCUT2D eigenvalue weighted by Gasteiger charge is 2.21. The first-order chi connectivity index (χ1) is 19.5. The number of methoxy groups -OCH3 is 1. The third kappa shape index (κ3) is 6.35. The lowest BCUT2D eigenvalue weighted by Gasteiger charge is -2.12. The summed E-state index contributed by atoms with van der Waals surface area (Å²) in [5, 5.41) is 0.669. The molecule has 5 rings (SSSR count). The predicted octanol–water partition coefficient (Wildman–Crippen LogP) is 8.28. The van der Waals surface area contributed by atoms with Gasteiger partial charge in [0.05, 0.1) is 19.3 Å². The van der Waals surface area contributed by atoms with Crippen molar-refractivity contribution in [2.24, 2.45) is 0 Å². The number of rotatable bonds is 11. The van der Waals surface area contributed by atoms with Crippen molar-refractivity contribution in [2.75, 3.05) is 13.7 Å². The van der Waals surface area contributed by atoms with Gasteiger partial charge in [0.1, 0.15) is 17.9 Å². The third-order valence-corrected chi connectivity index (χ3v) is 6.42. The van der Waals surface area contributed by atoms with Crippen LogP contribution in [0.5, 0.6) is 17.2 Å². The highest BCUT2D eigenvalue weighted by molar-refractivity contribution is 6.31. The van der Waals surface area contributed by atoms with Crippen LogP contribution in [-0.2, 0) is 6.61 Å². The Morgan fingerprint density at radius 3 is 2.42 bits per heavy atom. The van der Waals surface area contributed by atoms with Crippen molar-refractivity contribution in [3.63, 3.8) is 0 Å². The van der Waals surface area contributed by atoms with E-state index in [-0.39, 0.29) is 11.7 Å². The van der Waals surface area contributed by atoms with Crippen LogP contribution in [0.1, 0.15) is 40.7 Å². The van der Waals surface area contributed by atoms with Gasteiger partial charge in [-0.15, -0.1) is 0 Å². The van der Waals surface area contributed by atoms with Gasteiger partial charge >= 0.3 is 0 Å². The molecule has 0 saturated carbocycles. The normalized spacial score (nSPS) is 11.4. The Balaban J connectivity index is 1.47. The van der Waals surface area contributed by atoms with Crippen LogP contribution in [0.4, 0.5) is 0 Å². The molecule has 0 atom stereocenters. The summed E-state index contributed by atoms with van der Waals surface area (Å²) in [5.74, 6) is 1.83. The molecule has 0 N–H and O–H groups in total. The molecule has 0 bridgehead atoms. The number of Topliss-reactive ketones (excluding diaryl/α,β-unsaturated/α-hetero) is 1. The van der Waals surface area contributed by atoms with Crippen LogP contribution < -0.4 is 14.2 Å². The molecule has 7 heteroatoms. The summed E-state index contributed by atoms with van der Waals surface area (Å²) < 4.78 is 23.3. The Labute approximate surface area is 237 Å². The van der Waals surface area contributed by atoms with Crippen LogP contribution in [0.3, 0.4) is 0 Å². The van der Waals surface area contributed by atoms with E-state index >= 15 is 0 Å². The van der Waals surface area contributed by atoms with E-state index in [1.54, 1.807) is 37.5 Å². The van der Waals surface area contributed by atoms with E-state index in [9.17, 15) is 4.79 Å². The summed E-state index contributed by atoms with van der Waals surface area (Å²) in [5.41, 5.74) is 3.78. The molecule has 6 nitrogen and oxygen atoms in total. The summed E-state index contributed by atoms with van der Waals surface area (Å²) in [4.78, 5) is 18.4. The lowest BCUT2D eigenvalue weighted by atomic mass is 10.0.